The van der Waals surface area contributed by atoms with Gasteiger partial charge in [-0.2, -0.15) is 6.07 Å². The minimum atomic E-state index is -1.51. The number of H-pyrrole nitrogens is 1. The van der Waals surface area contributed by atoms with E-state index in [-0.39, 0.29) is 312 Å². The molecule has 0 bridgehead atoms. The summed E-state index contributed by atoms with van der Waals surface area (Å²) in [6, 6.07) is 11.6. The number of aromatic amines is 1. The smallest absolute Gasteiger partial charge is 0.870 e. The number of carboxylic acids is 3. The molecule has 0 radical (unpaired) electrons. The molecule has 1 aromatic heterocycles. The van der Waals surface area contributed by atoms with Crippen LogP contribution in [-0.4, -0.2) is 104 Å². The van der Waals surface area contributed by atoms with Gasteiger partial charge in [0, 0.05) is 24.3 Å². The molecule has 0 aliphatic carbocycles. The van der Waals surface area contributed by atoms with E-state index in [1.165, 1.54) is 11.0 Å². The van der Waals surface area contributed by atoms with E-state index in [1.54, 1.807) is 36.6 Å². The Balaban J connectivity index is -0.000000840. The first-order chi connectivity index (χ1) is 19.2. The van der Waals surface area contributed by atoms with Crippen LogP contribution in [0, 0.1) is 0 Å². The molecule has 47 heavy (non-hydrogen) atoms. The quantitative estimate of drug-likeness (QED) is 0.0715. The molecule has 20 heteroatoms. The van der Waals surface area contributed by atoms with E-state index >= 15 is 0 Å². The average molecular weight is 780 g/mol. The van der Waals surface area contributed by atoms with Crippen LogP contribution in [0.5, 0.6) is 5.75 Å². The number of carbonyl (C=O) groups is 3. The number of nitrogens with zero attached hydrogens (tertiary/aromatic N) is 2. The van der Waals surface area contributed by atoms with Crippen molar-refractivity contribution in [1.82, 2.24) is 9.88 Å². The zero-order valence-corrected chi connectivity index (χ0v) is 42.7. The Labute approximate surface area is 484 Å². The minimum absolute atomic E-state index is 0. The summed E-state index contributed by atoms with van der Waals surface area (Å²) in [5, 5.41) is 34.2. The maximum Gasteiger partial charge on any atom is 1.00 e. The third-order valence-corrected chi connectivity index (χ3v) is 5.67. The summed E-state index contributed by atoms with van der Waals surface area (Å²) in [7, 11) is 0. The van der Waals surface area contributed by atoms with Crippen molar-refractivity contribution in [2.24, 2.45) is 0 Å². The molecule has 3 rings (SSSR count). The van der Waals surface area contributed by atoms with E-state index in [1.807, 2.05) is 12.4 Å². The summed E-state index contributed by atoms with van der Waals surface area (Å²) >= 11 is 0. The standard InChI is InChI=1S/C27H27N3O10.5K.2H2O/c31-7-5-29(14-25(33)34)6-8-39-9-10-40-24-13-20(3-4-23(24)30(15-26(35)36)16-27(37)38)22-12-19-2-1-18(17-32)11-21(19)28-22;;;;;;;/h1-4,11-13,28H,5-6,8-10,14-16H2,(H,33,34)(H,35,36)(H,37,38);;;;;;2*1H2/q-2;5*+1;;/p-5. The van der Waals surface area contributed by atoms with Gasteiger partial charge >= 0.3 is 257 Å². The molecule has 0 saturated carbocycles. The van der Waals surface area contributed by atoms with Gasteiger partial charge < -0.3 is 74.5 Å². The van der Waals surface area contributed by atoms with Crippen LogP contribution in [0.1, 0.15) is 5.56 Å². The first kappa shape index (κ1) is 59.6. The second-order valence-corrected chi connectivity index (χ2v) is 8.56. The number of ether oxygens (including phenoxy) is 2. The van der Waals surface area contributed by atoms with Crippen molar-refractivity contribution in [3.05, 3.63) is 48.0 Å². The predicted octanol–water partition coefficient (Wildman–Crippen LogP) is -18.2. The van der Waals surface area contributed by atoms with Gasteiger partial charge in [0.25, 0.3) is 0 Å². The fourth-order valence-corrected chi connectivity index (χ4v) is 3.94. The van der Waals surface area contributed by atoms with Crippen LogP contribution >= 0.6 is 0 Å². The number of benzene rings is 2. The van der Waals surface area contributed by atoms with Crippen LogP contribution in [-0.2, 0) is 28.7 Å². The van der Waals surface area contributed by atoms with E-state index in [2.05, 4.69) is 4.98 Å². The van der Waals surface area contributed by atoms with Gasteiger partial charge in [-0.05, 0) is 29.1 Å². The van der Waals surface area contributed by atoms with Crippen molar-refractivity contribution >= 4 is 47.1 Å². The van der Waals surface area contributed by atoms with Crippen LogP contribution in [0.3, 0.4) is 0 Å². The number of anilines is 1. The SMILES string of the molecule is O=[C-]CN(CCOCCOc1cc(-c2cc3ccc([C-]=O)cc3[nH]2)ccc1N(CC(=O)[O-])CC(=O)[O-])CC(=O)[O-].[K+].[K+].[K+].[K+].[K+].[OH-].[OH-]. The third kappa shape index (κ3) is 21.7. The van der Waals surface area contributed by atoms with E-state index < -0.39 is 37.5 Å². The van der Waals surface area contributed by atoms with Gasteiger partial charge in [-0.15, -0.1) is 17.7 Å². The molecule has 0 unspecified atom stereocenters. The normalized spacial score (nSPS) is 9.30. The Bertz CT molecular complexity index is 1380. The third-order valence-electron chi connectivity index (χ3n) is 5.67. The van der Waals surface area contributed by atoms with Gasteiger partial charge in [-0.25, -0.2) is 6.29 Å². The van der Waals surface area contributed by atoms with Gasteiger partial charge in [0.15, 0.2) is 0 Å². The predicted molar refractivity (Wildman–Crippen MR) is 138 cm³/mol. The van der Waals surface area contributed by atoms with Crippen molar-refractivity contribution in [2.45, 2.75) is 0 Å². The molecule has 3 aromatic rings. The second kappa shape index (κ2) is 32.8. The molecule has 0 aliphatic rings. The molecule has 0 fully saturated rings. The molecule has 3 N–H and O–H groups in total. The number of nitrogens with one attached hydrogen (secondary N) is 1. The fourth-order valence-electron chi connectivity index (χ4n) is 3.94. The van der Waals surface area contributed by atoms with E-state index in [4.69, 9.17) is 9.47 Å². The van der Waals surface area contributed by atoms with E-state index in [0.717, 1.165) is 10.3 Å². The Kier molecular flexibility index (Phi) is 41.6. The zero-order chi connectivity index (χ0) is 29.1. The number of aliphatic carboxylic acids is 3. The number of hydrogen-bond donors (Lipinski definition) is 1. The molecule has 0 atom stereocenters. The molecule has 2 aromatic carbocycles. The van der Waals surface area contributed by atoms with Crippen LogP contribution in [0.2, 0.25) is 0 Å². The van der Waals surface area contributed by atoms with Gasteiger partial charge in [0.05, 0.1) is 56.2 Å². The van der Waals surface area contributed by atoms with Crippen molar-refractivity contribution in [1.29, 1.82) is 0 Å². The Morgan fingerprint density at radius 3 is 1.94 bits per heavy atom. The van der Waals surface area contributed by atoms with Crippen molar-refractivity contribution in [3.63, 3.8) is 0 Å². The average Bonchev–Trinajstić information content (AvgIpc) is 3.33. The molecule has 1 heterocycles. The van der Waals surface area contributed by atoms with E-state index in [9.17, 15) is 39.3 Å². The molecule has 0 aliphatic heterocycles. The molecule has 228 valence electrons. The van der Waals surface area contributed by atoms with Gasteiger partial charge in [0.1, 0.15) is 12.4 Å². The monoisotopic (exact) mass is 779 g/mol. The fraction of sp³-hybridized carbons (Fsp3) is 0.296. The summed E-state index contributed by atoms with van der Waals surface area (Å²) in [5.74, 6) is -4.21. The van der Waals surface area contributed by atoms with E-state index in [0.29, 0.717) is 22.3 Å². The summed E-state index contributed by atoms with van der Waals surface area (Å²) in [4.78, 5) is 60.4. The molecule has 0 spiro atoms. The Hall–Kier alpha value is 3.35. The van der Waals surface area contributed by atoms with Crippen LogP contribution in [0.25, 0.3) is 22.2 Å². The zero-order valence-electron chi connectivity index (χ0n) is 27.1. The first-order valence-corrected chi connectivity index (χ1v) is 12.0. The number of rotatable bonds is 18. The van der Waals surface area contributed by atoms with Gasteiger partial charge in [-0.1, -0.05) is 12.6 Å². The van der Waals surface area contributed by atoms with Crippen LogP contribution in [0.4, 0.5) is 5.69 Å². The van der Waals surface area contributed by atoms with Gasteiger partial charge in [-0.3, -0.25) is 0 Å². The topological polar surface area (TPSA) is 255 Å². The van der Waals surface area contributed by atoms with Crippen molar-refractivity contribution in [2.75, 3.05) is 57.4 Å². The molecular formula is C27H26K5N3O12-2. The Morgan fingerprint density at radius 2 is 1.38 bits per heavy atom. The van der Waals surface area contributed by atoms with Crippen LogP contribution < -0.4 is 282 Å². The number of fused-ring (bicyclic) bond motifs is 1. The van der Waals surface area contributed by atoms with Crippen molar-refractivity contribution in [3.8, 4) is 17.0 Å². The molecule has 0 amide bonds. The Morgan fingerprint density at radius 1 is 0.766 bits per heavy atom. The number of carboxylic acid groups (broad SMARTS) is 3. The molecular weight excluding hydrogens is 754 g/mol. The molecule has 15 nitrogen and oxygen atoms in total. The summed E-state index contributed by atoms with van der Waals surface area (Å²) < 4.78 is 11.3. The summed E-state index contributed by atoms with van der Waals surface area (Å²) in [6.07, 6.45) is 3.44. The number of aromatic nitrogens is 1. The number of carbonyl (C=O) groups excluding carboxylic acids is 5. The largest absolute Gasteiger partial charge is 1.00 e. The first-order valence-electron chi connectivity index (χ1n) is 12.0. The number of hydrogen-bond acceptors (Lipinski definition) is 14. The summed E-state index contributed by atoms with van der Waals surface area (Å²) in [5.41, 5.74) is 2.49. The van der Waals surface area contributed by atoms with Crippen molar-refractivity contribution < 1.29 is 317 Å². The minimum Gasteiger partial charge on any atom is -0.870 e. The van der Waals surface area contributed by atoms with Gasteiger partial charge in [0.2, 0.25) is 0 Å². The van der Waals surface area contributed by atoms with Crippen LogP contribution in [0.15, 0.2) is 42.5 Å². The second-order valence-electron chi connectivity index (χ2n) is 8.56. The molecule has 0 saturated heterocycles. The summed E-state index contributed by atoms with van der Waals surface area (Å²) in [6.45, 7) is -1.96. The maximum atomic E-state index is 11.3. The maximum absolute atomic E-state index is 11.3.